The molecule has 19 heavy (non-hydrogen) atoms. The van der Waals surface area contributed by atoms with E-state index in [1.807, 2.05) is 6.07 Å². The van der Waals surface area contributed by atoms with Crippen molar-refractivity contribution in [2.45, 2.75) is 58.2 Å². The normalized spacial score (nSPS) is 20.9. The van der Waals surface area contributed by atoms with Crippen LogP contribution in [0.5, 0.6) is 0 Å². The molecule has 2 heteroatoms. The molecular formula is C17H26O2. The van der Waals surface area contributed by atoms with E-state index >= 15 is 0 Å². The molecule has 2 rings (SSSR count). The predicted molar refractivity (Wildman–Crippen MR) is 78.2 cm³/mol. The van der Waals surface area contributed by atoms with Crippen molar-refractivity contribution in [3.63, 3.8) is 0 Å². The largest absolute Gasteiger partial charge is 0.388 e. The van der Waals surface area contributed by atoms with Gasteiger partial charge < -0.3 is 9.84 Å². The molecule has 1 heterocycles. The highest BCUT2D eigenvalue weighted by atomic mass is 16.5. The molecule has 0 amide bonds. The van der Waals surface area contributed by atoms with Gasteiger partial charge in [0.2, 0.25) is 0 Å². The number of benzene rings is 1. The highest BCUT2D eigenvalue weighted by molar-refractivity contribution is 5.25. The molecule has 0 spiro atoms. The zero-order chi connectivity index (χ0) is 13.7. The summed E-state index contributed by atoms with van der Waals surface area (Å²) in [5.41, 5.74) is 2.37. The molecule has 1 N–H and O–H groups in total. The van der Waals surface area contributed by atoms with Crippen LogP contribution in [-0.4, -0.2) is 17.8 Å². The van der Waals surface area contributed by atoms with Crippen LogP contribution in [0.2, 0.25) is 0 Å². The first-order valence-electron chi connectivity index (χ1n) is 7.53. The van der Waals surface area contributed by atoms with Crippen LogP contribution in [0.15, 0.2) is 24.3 Å². The van der Waals surface area contributed by atoms with Crippen molar-refractivity contribution < 1.29 is 9.84 Å². The summed E-state index contributed by atoms with van der Waals surface area (Å²) >= 11 is 0. The average molecular weight is 262 g/mol. The fraction of sp³-hybridized carbons (Fsp3) is 0.647. The van der Waals surface area contributed by atoms with Crippen LogP contribution >= 0.6 is 0 Å². The highest BCUT2D eigenvalue weighted by Crippen LogP contribution is 2.24. The summed E-state index contributed by atoms with van der Waals surface area (Å²) in [6.45, 7) is 5.34. The number of aliphatic hydroxyl groups excluding tert-OH is 1. The lowest BCUT2D eigenvalue weighted by atomic mass is 9.97. The monoisotopic (exact) mass is 262 g/mol. The molecule has 2 atom stereocenters. The van der Waals surface area contributed by atoms with Crippen LogP contribution < -0.4 is 0 Å². The van der Waals surface area contributed by atoms with Crippen molar-refractivity contribution in [3.8, 4) is 0 Å². The van der Waals surface area contributed by atoms with Gasteiger partial charge in [-0.3, -0.25) is 0 Å². The lowest BCUT2D eigenvalue weighted by Gasteiger charge is -2.15. The second-order valence-corrected chi connectivity index (χ2v) is 6.07. The van der Waals surface area contributed by atoms with Crippen LogP contribution in [-0.2, 0) is 11.2 Å². The zero-order valence-electron chi connectivity index (χ0n) is 12.1. The van der Waals surface area contributed by atoms with Gasteiger partial charge in [0.05, 0.1) is 12.2 Å². The van der Waals surface area contributed by atoms with Crippen molar-refractivity contribution in [1.82, 2.24) is 0 Å². The number of ether oxygens (including phenoxy) is 1. The van der Waals surface area contributed by atoms with Crippen LogP contribution in [0.25, 0.3) is 0 Å². The summed E-state index contributed by atoms with van der Waals surface area (Å²) in [4.78, 5) is 0. The molecule has 1 aromatic carbocycles. The molecule has 106 valence electrons. The number of aliphatic hydroxyl groups is 1. The Kier molecular flexibility index (Phi) is 5.41. The molecule has 0 bridgehead atoms. The molecule has 1 saturated heterocycles. The first-order valence-corrected chi connectivity index (χ1v) is 7.53. The van der Waals surface area contributed by atoms with Gasteiger partial charge in [-0.1, -0.05) is 38.1 Å². The second kappa shape index (κ2) is 7.06. The predicted octanol–water partition coefficient (Wildman–Crippen LogP) is 3.88. The maximum atomic E-state index is 10.3. The quantitative estimate of drug-likeness (QED) is 0.843. The van der Waals surface area contributed by atoms with Gasteiger partial charge in [0.1, 0.15) is 0 Å². The lowest BCUT2D eigenvalue weighted by Crippen LogP contribution is -2.08. The van der Waals surface area contributed by atoms with Crippen LogP contribution in [0.4, 0.5) is 0 Å². The Morgan fingerprint density at radius 3 is 2.89 bits per heavy atom. The molecule has 0 aromatic heterocycles. The second-order valence-electron chi connectivity index (χ2n) is 6.07. The fourth-order valence-electron chi connectivity index (χ4n) is 2.78. The summed E-state index contributed by atoms with van der Waals surface area (Å²) in [6, 6.07) is 8.39. The molecule has 1 aliphatic heterocycles. The molecule has 2 nitrogen and oxygen atoms in total. The Labute approximate surface area is 116 Å². The molecule has 0 aliphatic carbocycles. The Morgan fingerprint density at radius 2 is 2.21 bits per heavy atom. The van der Waals surface area contributed by atoms with E-state index in [0.29, 0.717) is 12.0 Å². The molecular weight excluding hydrogens is 236 g/mol. The minimum atomic E-state index is -0.351. The van der Waals surface area contributed by atoms with E-state index in [2.05, 4.69) is 32.0 Å². The van der Waals surface area contributed by atoms with E-state index in [-0.39, 0.29) is 6.10 Å². The Bertz CT molecular complexity index is 381. The first-order chi connectivity index (χ1) is 9.15. The van der Waals surface area contributed by atoms with Gasteiger partial charge >= 0.3 is 0 Å². The summed E-state index contributed by atoms with van der Waals surface area (Å²) in [7, 11) is 0. The van der Waals surface area contributed by atoms with E-state index in [9.17, 15) is 5.11 Å². The minimum absolute atomic E-state index is 0.351. The van der Waals surface area contributed by atoms with E-state index in [4.69, 9.17) is 4.74 Å². The molecule has 0 saturated carbocycles. The topological polar surface area (TPSA) is 29.5 Å². The zero-order valence-corrected chi connectivity index (χ0v) is 12.1. The summed E-state index contributed by atoms with van der Waals surface area (Å²) in [5.74, 6) is 0.652. The van der Waals surface area contributed by atoms with Crippen molar-refractivity contribution in [3.05, 3.63) is 35.4 Å². The molecule has 1 aromatic rings. The molecule has 1 aliphatic rings. The average Bonchev–Trinajstić information content (AvgIpc) is 2.88. The summed E-state index contributed by atoms with van der Waals surface area (Å²) in [6.07, 6.45) is 5.19. The van der Waals surface area contributed by atoms with Crippen molar-refractivity contribution in [2.24, 2.45) is 5.92 Å². The van der Waals surface area contributed by atoms with Crippen molar-refractivity contribution >= 4 is 0 Å². The third-order valence-corrected chi connectivity index (χ3v) is 3.77. The van der Waals surface area contributed by atoms with E-state index in [1.54, 1.807) is 0 Å². The third-order valence-electron chi connectivity index (χ3n) is 3.77. The maximum Gasteiger partial charge on any atom is 0.0791 e. The Morgan fingerprint density at radius 1 is 1.37 bits per heavy atom. The van der Waals surface area contributed by atoms with E-state index < -0.39 is 0 Å². The van der Waals surface area contributed by atoms with Gasteiger partial charge in [-0.05, 0) is 49.1 Å². The van der Waals surface area contributed by atoms with Crippen LogP contribution in [0.1, 0.15) is 56.8 Å². The number of hydrogen-bond donors (Lipinski definition) is 1. The van der Waals surface area contributed by atoms with Crippen molar-refractivity contribution in [2.75, 3.05) is 6.61 Å². The van der Waals surface area contributed by atoms with Gasteiger partial charge in [0.15, 0.2) is 0 Å². The SMILES string of the molecule is CC(C)Cc1cccc(C(O)CCC2CCCO2)c1. The smallest absolute Gasteiger partial charge is 0.0791 e. The summed E-state index contributed by atoms with van der Waals surface area (Å²) < 4.78 is 5.60. The van der Waals surface area contributed by atoms with Crippen LogP contribution in [0.3, 0.4) is 0 Å². The summed E-state index contributed by atoms with van der Waals surface area (Å²) in [5, 5.41) is 10.3. The van der Waals surface area contributed by atoms with Gasteiger partial charge in [-0.2, -0.15) is 0 Å². The van der Waals surface area contributed by atoms with E-state index in [1.165, 1.54) is 12.0 Å². The fourth-order valence-corrected chi connectivity index (χ4v) is 2.78. The Hall–Kier alpha value is -0.860. The van der Waals surface area contributed by atoms with Crippen molar-refractivity contribution in [1.29, 1.82) is 0 Å². The van der Waals surface area contributed by atoms with Gasteiger partial charge in [-0.25, -0.2) is 0 Å². The maximum absolute atomic E-state index is 10.3. The standard InChI is InChI=1S/C17H26O2/c1-13(2)11-14-5-3-6-15(12-14)17(18)9-8-16-7-4-10-19-16/h3,5-6,12-13,16-18H,4,7-11H2,1-2H3. The van der Waals surface area contributed by atoms with Gasteiger partial charge in [0, 0.05) is 6.61 Å². The molecule has 1 fully saturated rings. The number of hydrogen-bond acceptors (Lipinski definition) is 2. The van der Waals surface area contributed by atoms with E-state index in [0.717, 1.165) is 37.9 Å². The van der Waals surface area contributed by atoms with Gasteiger partial charge in [0.25, 0.3) is 0 Å². The number of rotatable bonds is 6. The highest BCUT2D eigenvalue weighted by Gasteiger charge is 2.17. The first kappa shape index (κ1) is 14.5. The third kappa shape index (κ3) is 4.63. The minimum Gasteiger partial charge on any atom is -0.388 e. The lowest BCUT2D eigenvalue weighted by molar-refractivity contribution is 0.0812. The van der Waals surface area contributed by atoms with Crippen LogP contribution in [0, 0.1) is 5.92 Å². The molecule has 0 radical (unpaired) electrons. The molecule has 2 unspecified atom stereocenters. The Balaban J connectivity index is 1.88. The van der Waals surface area contributed by atoms with Gasteiger partial charge in [-0.15, -0.1) is 0 Å².